The number of para-hydroxylation sites is 1. The van der Waals surface area contributed by atoms with Gasteiger partial charge in [0.15, 0.2) is 11.6 Å². The van der Waals surface area contributed by atoms with Crippen molar-refractivity contribution in [3.8, 4) is 11.5 Å². The molecule has 2 aromatic rings. The molecule has 0 radical (unpaired) electrons. The fourth-order valence-electron chi connectivity index (χ4n) is 1.73. The van der Waals surface area contributed by atoms with E-state index in [1.807, 2.05) is 25.1 Å². The van der Waals surface area contributed by atoms with Crippen LogP contribution in [0.25, 0.3) is 0 Å². The Morgan fingerprint density at radius 3 is 2.58 bits per heavy atom. The summed E-state index contributed by atoms with van der Waals surface area (Å²) < 4.78 is 19.9. The van der Waals surface area contributed by atoms with Crippen LogP contribution in [0.1, 0.15) is 21.3 Å². The van der Waals surface area contributed by atoms with Gasteiger partial charge in [0, 0.05) is 8.77 Å². The van der Waals surface area contributed by atoms with Crippen molar-refractivity contribution in [1.82, 2.24) is 0 Å². The maximum absolute atomic E-state index is 14.4. The number of benzene rings is 2. The molecule has 0 aliphatic heterocycles. The fraction of sp³-hybridized carbons (Fsp3) is 0.125. The van der Waals surface area contributed by atoms with Gasteiger partial charge in [-0.2, -0.15) is 0 Å². The van der Waals surface area contributed by atoms with Crippen LogP contribution in [0, 0.1) is 5.82 Å². The normalized spacial score (nSPS) is 11.9. The summed E-state index contributed by atoms with van der Waals surface area (Å²) in [5.41, 5.74) is 0.519. The third kappa shape index (κ3) is 2.96. The highest BCUT2D eigenvalue weighted by Crippen LogP contribution is 2.36. The average Bonchev–Trinajstić information content (AvgIpc) is 2.44. The van der Waals surface area contributed by atoms with E-state index in [0.29, 0.717) is 11.3 Å². The van der Waals surface area contributed by atoms with E-state index in [-0.39, 0.29) is 19.5 Å². The maximum atomic E-state index is 14.4. The van der Waals surface area contributed by atoms with Crippen LogP contribution < -0.4 is 4.74 Å². The molecule has 0 unspecified atom stereocenters. The molecule has 3 heteroatoms. The van der Waals surface area contributed by atoms with Gasteiger partial charge in [0.2, 0.25) is 0 Å². The van der Waals surface area contributed by atoms with E-state index < -0.39 is 5.82 Å². The summed E-state index contributed by atoms with van der Waals surface area (Å²) in [7, 11) is 0. The second-order valence-corrected chi connectivity index (χ2v) is 4.63. The summed E-state index contributed by atoms with van der Waals surface area (Å²) in [6.45, 7) is 5.54. The van der Waals surface area contributed by atoms with Crippen molar-refractivity contribution < 1.29 is 12.0 Å². The topological polar surface area (TPSA) is 9.23 Å². The first-order chi connectivity index (χ1) is 9.13. The molecule has 1 atom stereocenters. The van der Waals surface area contributed by atoms with Crippen molar-refractivity contribution in [2.45, 2.75) is 12.8 Å². The van der Waals surface area contributed by atoms with Gasteiger partial charge in [-0.3, -0.25) is 0 Å². The Morgan fingerprint density at radius 1 is 1.26 bits per heavy atom. The summed E-state index contributed by atoms with van der Waals surface area (Å²) in [4.78, 5) is 0. The monoisotopic (exact) mass is 280 g/mol. The Bertz CT molecular complexity index is 590. The molecule has 0 amide bonds. The first kappa shape index (κ1) is 13.6. The molecule has 0 aromatic heterocycles. The Morgan fingerprint density at radius 2 is 1.95 bits per heavy atom. The molecule has 2 rings (SSSR count). The summed E-state index contributed by atoms with van der Waals surface area (Å²) in [5, 5.41) is 0.251. The van der Waals surface area contributed by atoms with Crippen molar-refractivity contribution >= 4 is 11.6 Å². The van der Waals surface area contributed by atoms with Crippen molar-refractivity contribution in [3.63, 3.8) is 0 Å². The minimum absolute atomic E-state index is 0. The van der Waals surface area contributed by atoms with Crippen LogP contribution in [-0.4, -0.2) is 0 Å². The van der Waals surface area contributed by atoms with Crippen LogP contribution in [0.2, 0.25) is 5.02 Å². The van der Waals surface area contributed by atoms with Gasteiger partial charge in [-0.05, 0) is 23.8 Å². The fourth-order valence-corrected chi connectivity index (χ4v) is 1.91. The molecule has 0 bridgehead atoms. The Hall–Kier alpha value is -1.80. The zero-order chi connectivity index (χ0) is 13.8. The number of allylic oxidation sites excluding steroid dienone is 1. The van der Waals surface area contributed by atoms with Gasteiger partial charge in [0.25, 0.3) is 0 Å². The van der Waals surface area contributed by atoms with Gasteiger partial charge in [-0.1, -0.05) is 48.9 Å². The van der Waals surface area contributed by atoms with E-state index >= 15 is 0 Å². The number of ether oxygens (including phenoxy) is 1. The number of hydrogen-bond donors (Lipinski definition) is 0. The average molecular weight is 281 g/mol. The number of hydrogen-bond acceptors (Lipinski definition) is 1. The lowest BCUT2D eigenvalue weighted by Crippen LogP contribution is -1.98. The summed E-state index contributed by atoms with van der Waals surface area (Å²) in [6, 6.07) is 12.3. The van der Waals surface area contributed by atoms with Crippen LogP contribution >= 0.6 is 11.6 Å². The summed E-state index contributed by atoms with van der Waals surface area (Å²) >= 11 is 6.01. The van der Waals surface area contributed by atoms with Gasteiger partial charge in [-0.15, -0.1) is 6.58 Å². The highest BCUT2D eigenvalue weighted by atomic mass is 35.5. The largest absolute Gasteiger partial charge is 0.453 e. The Labute approximate surface area is 120 Å². The van der Waals surface area contributed by atoms with Crippen LogP contribution in [0.3, 0.4) is 0 Å². The highest BCUT2D eigenvalue weighted by Gasteiger charge is 2.17. The van der Waals surface area contributed by atoms with E-state index in [2.05, 4.69) is 6.58 Å². The smallest absolute Gasteiger partial charge is 0.181 e. The molecule has 0 spiro atoms. The molecule has 0 saturated heterocycles. The van der Waals surface area contributed by atoms with E-state index in [4.69, 9.17) is 16.3 Å². The molecule has 1 nitrogen and oxygen atoms in total. The predicted molar refractivity (Wildman–Crippen MR) is 80.8 cm³/mol. The zero-order valence-electron chi connectivity index (χ0n) is 10.6. The first-order valence-electron chi connectivity index (χ1n) is 5.97. The maximum Gasteiger partial charge on any atom is 0.181 e. The van der Waals surface area contributed by atoms with Crippen molar-refractivity contribution in [2.24, 2.45) is 0 Å². The molecule has 0 fully saturated rings. The van der Waals surface area contributed by atoms with Crippen LogP contribution in [0.15, 0.2) is 55.1 Å². The second kappa shape index (κ2) is 5.89. The van der Waals surface area contributed by atoms with Gasteiger partial charge in [0.05, 0.1) is 5.02 Å². The van der Waals surface area contributed by atoms with Gasteiger partial charge < -0.3 is 4.74 Å². The second-order valence-electron chi connectivity index (χ2n) is 4.22. The van der Waals surface area contributed by atoms with Crippen LogP contribution in [0.4, 0.5) is 4.39 Å². The van der Waals surface area contributed by atoms with E-state index in [1.165, 1.54) is 0 Å². The SMILES string of the molecule is C=C[C@@H](C)c1ccc(Cl)c(Oc2ccccc2)c1F.[HH].[HH]. The molecule has 0 aliphatic rings. The molecule has 2 aromatic carbocycles. The van der Waals surface area contributed by atoms with Crippen molar-refractivity contribution in [2.75, 3.05) is 0 Å². The molecular formula is C16H18ClFO. The summed E-state index contributed by atoms with van der Waals surface area (Å²) in [6.07, 6.45) is 1.68. The van der Waals surface area contributed by atoms with E-state index in [9.17, 15) is 4.39 Å². The number of rotatable bonds is 4. The van der Waals surface area contributed by atoms with Gasteiger partial charge in [0.1, 0.15) is 5.75 Å². The minimum atomic E-state index is -0.441. The predicted octanol–water partition coefficient (Wildman–Crippen LogP) is 6.05. The van der Waals surface area contributed by atoms with E-state index in [1.54, 1.807) is 30.3 Å². The lowest BCUT2D eigenvalue weighted by Gasteiger charge is -2.14. The zero-order valence-corrected chi connectivity index (χ0v) is 11.3. The lowest BCUT2D eigenvalue weighted by atomic mass is 10.0. The molecule has 0 aliphatic carbocycles. The molecule has 19 heavy (non-hydrogen) atoms. The van der Waals surface area contributed by atoms with Crippen molar-refractivity contribution in [3.05, 3.63) is 71.5 Å². The number of halogens is 2. The third-order valence-corrected chi connectivity index (χ3v) is 3.18. The van der Waals surface area contributed by atoms with Gasteiger partial charge >= 0.3 is 0 Å². The molecule has 0 N–H and O–H groups in total. The summed E-state index contributed by atoms with van der Waals surface area (Å²) in [5.74, 6) is 0.0601. The highest BCUT2D eigenvalue weighted by molar-refractivity contribution is 6.32. The quantitative estimate of drug-likeness (QED) is 0.619. The van der Waals surface area contributed by atoms with Gasteiger partial charge in [-0.25, -0.2) is 4.39 Å². The van der Waals surface area contributed by atoms with Crippen molar-refractivity contribution in [1.29, 1.82) is 0 Å². The molecule has 0 saturated carbocycles. The third-order valence-electron chi connectivity index (χ3n) is 2.89. The van der Waals surface area contributed by atoms with Crippen LogP contribution in [-0.2, 0) is 0 Å². The molecule has 0 heterocycles. The van der Waals surface area contributed by atoms with E-state index in [0.717, 1.165) is 0 Å². The van der Waals surface area contributed by atoms with Crippen LogP contribution in [0.5, 0.6) is 11.5 Å². The Balaban J connectivity index is 0.00000200. The molecular weight excluding hydrogens is 263 g/mol. The Kier molecular flexibility index (Phi) is 4.23. The molecule has 102 valence electrons. The lowest BCUT2D eigenvalue weighted by molar-refractivity contribution is 0.438. The standard InChI is InChI=1S/C16H14ClFO.2H2/c1-3-11(2)13-9-10-14(17)16(15(13)18)19-12-7-5-4-6-8-12;;/h3-11H,1H2,2H3;2*1H/t11-;;/m1../s1. The minimum Gasteiger partial charge on any atom is -0.453 e. The first-order valence-corrected chi connectivity index (χ1v) is 6.34.